The van der Waals surface area contributed by atoms with Crippen LogP contribution in [0.25, 0.3) is 0 Å². The molecule has 0 aromatic carbocycles. The number of aliphatic imine (C=N–C) groups is 1. The number of piperidine rings is 1. The van der Waals surface area contributed by atoms with Gasteiger partial charge in [0.1, 0.15) is 6.61 Å². The Hall–Kier alpha value is -1.79. The Balaban J connectivity index is 0.00000392. The summed E-state index contributed by atoms with van der Waals surface area (Å²) in [6, 6.07) is 2.12. The van der Waals surface area contributed by atoms with Crippen molar-refractivity contribution in [3.05, 3.63) is 23.9 Å². The minimum atomic E-state index is -4.42. The van der Waals surface area contributed by atoms with E-state index in [9.17, 15) is 18.0 Å². The number of alkyl halides is 3. The van der Waals surface area contributed by atoms with Crippen LogP contribution in [0.4, 0.5) is 13.2 Å². The average molecular weight is 516 g/mol. The number of rotatable bonds is 5. The summed E-state index contributed by atoms with van der Waals surface area (Å²) in [5, 5.41) is 3.13. The monoisotopic (exact) mass is 516 g/mol. The number of aromatic nitrogens is 1. The van der Waals surface area contributed by atoms with Crippen molar-refractivity contribution in [3.8, 4) is 5.88 Å². The molecule has 0 radical (unpaired) electrons. The minimum Gasteiger partial charge on any atom is -0.476 e. The van der Waals surface area contributed by atoms with E-state index in [1.54, 1.807) is 7.05 Å². The molecule has 11 heteroatoms. The fourth-order valence-corrected chi connectivity index (χ4v) is 2.78. The van der Waals surface area contributed by atoms with Crippen LogP contribution in [-0.2, 0) is 15.7 Å². The Morgan fingerprint density at radius 1 is 1.36 bits per heavy atom. The van der Waals surface area contributed by atoms with Crippen LogP contribution >= 0.6 is 24.0 Å². The second-order valence-electron chi connectivity index (χ2n) is 5.99. The Labute approximate surface area is 178 Å². The van der Waals surface area contributed by atoms with Crippen molar-refractivity contribution >= 4 is 35.9 Å². The van der Waals surface area contributed by atoms with Crippen LogP contribution in [0.15, 0.2) is 23.3 Å². The van der Waals surface area contributed by atoms with Crippen molar-refractivity contribution in [3.63, 3.8) is 0 Å². The van der Waals surface area contributed by atoms with Gasteiger partial charge in [-0.1, -0.05) is 0 Å². The van der Waals surface area contributed by atoms with Crippen LogP contribution < -0.4 is 10.1 Å². The molecule has 0 spiro atoms. The van der Waals surface area contributed by atoms with Crippen molar-refractivity contribution < 1.29 is 27.4 Å². The number of methoxy groups -OCH3 is 1. The van der Waals surface area contributed by atoms with E-state index < -0.39 is 11.7 Å². The van der Waals surface area contributed by atoms with Crippen molar-refractivity contribution in [1.82, 2.24) is 15.2 Å². The van der Waals surface area contributed by atoms with Gasteiger partial charge in [-0.05, 0) is 18.9 Å². The lowest BCUT2D eigenvalue weighted by molar-refractivity contribution is -0.146. The van der Waals surface area contributed by atoms with E-state index in [4.69, 9.17) is 9.47 Å². The topological polar surface area (TPSA) is 76.1 Å². The predicted octanol–water partition coefficient (Wildman–Crippen LogP) is 2.56. The first kappa shape index (κ1) is 24.2. The average Bonchev–Trinajstić information content (AvgIpc) is 2.67. The standard InChI is InChI=1S/C17H23F3N4O3.HI/c1-21-16(24-8-5-12(6-9-24)15(25)26-2)22-7-10-27-14-4-3-13(11-23-14)17(18,19)20;/h3-4,11-12H,5-10H2,1-2H3,(H,21,22);1H. The van der Waals surface area contributed by atoms with Gasteiger partial charge in [-0.25, -0.2) is 4.98 Å². The second kappa shape index (κ2) is 11.3. The number of hydrogen-bond acceptors (Lipinski definition) is 5. The van der Waals surface area contributed by atoms with Gasteiger partial charge in [0.15, 0.2) is 5.96 Å². The number of guanidine groups is 1. The summed E-state index contributed by atoms with van der Waals surface area (Å²) in [5.41, 5.74) is -0.816. The Bertz CT molecular complexity index is 648. The number of carbonyl (C=O) groups excluding carboxylic acids is 1. The zero-order chi connectivity index (χ0) is 19.9. The van der Waals surface area contributed by atoms with E-state index in [1.165, 1.54) is 13.2 Å². The summed E-state index contributed by atoms with van der Waals surface area (Å²) in [7, 11) is 3.05. The van der Waals surface area contributed by atoms with Gasteiger partial charge >= 0.3 is 12.1 Å². The Morgan fingerprint density at radius 2 is 2.04 bits per heavy atom. The number of esters is 1. The van der Waals surface area contributed by atoms with Gasteiger partial charge in [-0.15, -0.1) is 24.0 Å². The van der Waals surface area contributed by atoms with Gasteiger partial charge in [-0.2, -0.15) is 13.2 Å². The Kier molecular flexibility index (Phi) is 9.76. The molecule has 1 aromatic rings. The van der Waals surface area contributed by atoms with Crippen molar-refractivity contribution in [2.45, 2.75) is 19.0 Å². The molecule has 28 heavy (non-hydrogen) atoms. The fourth-order valence-electron chi connectivity index (χ4n) is 2.78. The molecular weight excluding hydrogens is 492 g/mol. The third-order valence-electron chi connectivity index (χ3n) is 4.24. The highest BCUT2D eigenvalue weighted by atomic mass is 127. The number of hydrogen-bond donors (Lipinski definition) is 1. The van der Waals surface area contributed by atoms with E-state index in [2.05, 4.69) is 15.3 Å². The zero-order valence-corrected chi connectivity index (χ0v) is 18.0. The first-order valence-corrected chi connectivity index (χ1v) is 8.54. The highest BCUT2D eigenvalue weighted by molar-refractivity contribution is 14.0. The number of nitrogens with one attached hydrogen (secondary N) is 1. The SMILES string of the molecule is CN=C(NCCOc1ccc(C(F)(F)F)cn1)N1CCC(C(=O)OC)CC1.I. The van der Waals surface area contributed by atoms with Crippen LogP contribution in [0.2, 0.25) is 0 Å². The van der Waals surface area contributed by atoms with Gasteiger partial charge < -0.3 is 19.7 Å². The summed E-state index contributed by atoms with van der Waals surface area (Å²) in [6.07, 6.45) is -2.28. The molecule has 0 atom stereocenters. The van der Waals surface area contributed by atoms with Crippen LogP contribution in [-0.4, -0.2) is 62.2 Å². The van der Waals surface area contributed by atoms with Crippen LogP contribution in [0, 0.1) is 5.92 Å². The molecule has 0 saturated carbocycles. The lowest BCUT2D eigenvalue weighted by Crippen LogP contribution is -2.47. The van der Waals surface area contributed by atoms with Gasteiger partial charge in [0, 0.05) is 32.4 Å². The van der Waals surface area contributed by atoms with E-state index in [0.29, 0.717) is 38.4 Å². The summed E-state index contributed by atoms with van der Waals surface area (Å²) in [6.45, 7) is 1.99. The third kappa shape index (κ3) is 6.99. The number of likely N-dealkylation sites (tertiary alicyclic amines) is 1. The number of ether oxygens (including phenoxy) is 2. The lowest BCUT2D eigenvalue weighted by atomic mass is 9.97. The molecule has 2 heterocycles. The second-order valence-corrected chi connectivity index (χ2v) is 5.99. The number of halogens is 4. The molecule has 2 rings (SSSR count). The third-order valence-corrected chi connectivity index (χ3v) is 4.24. The van der Waals surface area contributed by atoms with Crippen molar-refractivity contribution in [2.24, 2.45) is 10.9 Å². The van der Waals surface area contributed by atoms with Crippen molar-refractivity contribution in [1.29, 1.82) is 0 Å². The summed E-state index contributed by atoms with van der Waals surface area (Å²) < 4.78 is 47.6. The molecule has 1 saturated heterocycles. The van der Waals surface area contributed by atoms with Crippen LogP contribution in [0.1, 0.15) is 18.4 Å². The number of carbonyl (C=O) groups is 1. The maximum Gasteiger partial charge on any atom is 0.417 e. The maximum absolute atomic E-state index is 12.5. The van der Waals surface area contributed by atoms with E-state index in [-0.39, 0.29) is 48.4 Å². The molecule has 0 aliphatic carbocycles. The molecule has 0 unspecified atom stereocenters. The minimum absolute atomic E-state index is 0. The van der Waals surface area contributed by atoms with E-state index >= 15 is 0 Å². The van der Waals surface area contributed by atoms with E-state index in [0.717, 1.165) is 12.3 Å². The van der Waals surface area contributed by atoms with Gasteiger partial charge in [0.05, 0.1) is 25.1 Å². The summed E-state index contributed by atoms with van der Waals surface area (Å²) in [4.78, 5) is 21.5. The van der Waals surface area contributed by atoms with Crippen LogP contribution in [0.3, 0.4) is 0 Å². The van der Waals surface area contributed by atoms with Crippen molar-refractivity contribution in [2.75, 3.05) is 40.4 Å². The highest BCUT2D eigenvalue weighted by Crippen LogP contribution is 2.29. The Morgan fingerprint density at radius 3 is 2.54 bits per heavy atom. The summed E-state index contributed by atoms with van der Waals surface area (Å²) in [5.74, 6) is 0.537. The van der Waals surface area contributed by atoms with Gasteiger partial charge in [0.2, 0.25) is 5.88 Å². The first-order chi connectivity index (χ1) is 12.8. The largest absolute Gasteiger partial charge is 0.476 e. The van der Waals surface area contributed by atoms with E-state index in [1.807, 2.05) is 4.90 Å². The molecule has 1 aliphatic heterocycles. The molecule has 1 fully saturated rings. The molecule has 158 valence electrons. The number of pyridine rings is 1. The lowest BCUT2D eigenvalue weighted by Gasteiger charge is -2.33. The first-order valence-electron chi connectivity index (χ1n) is 8.54. The fraction of sp³-hybridized carbons (Fsp3) is 0.588. The normalized spacial score (nSPS) is 15.6. The molecule has 0 amide bonds. The van der Waals surface area contributed by atoms with Gasteiger partial charge in [0.25, 0.3) is 0 Å². The molecule has 1 N–H and O–H groups in total. The predicted molar refractivity (Wildman–Crippen MR) is 108 cm³/mol. The zero-order valence-electron chi connectivity index (χ0n) is 15.7. The highest BCUT2D eigenvalue weighted by Gasteiger charge is 2.30. The molecule has 7 nitrogen and oxygen atoms in total. The van der Waals surface area contributed by atoms with Crippen LogP contribution in [0.5, 0.6) is 5.88 Å². The quantitative estimate of drug-likeness (QED) is 0.213. The van der Waals surface area contributed by atoms with Gasteiger partial charge in [-0.3, -0.25) is 9.79 Å². The number of nitrogens with zero attached hydrogens (tertiary/aromatic N) is 3. The molecular formula is C17H24F3IN4O3. The molecule has 0 bridgehead atoms. The molecule has 1 aliphatic rings. The molecule has 1 aromatic heterocycles. The maximum atomic E-state index is 12.5. The smallest absolute Gasteiger partial charge is 0.417 e. The summed E-state index contributed by atoms with van der Waals surface area (Å²) >= 11 is 0.